The molecule has 1 aliphatic heterocycles. The Balaban J connectivity index is 2.20. The maximum atomic E-state index is 13.5. The van der Waals surface area contributed by atoms with E-state index in [-0.39, 0.29) is 23.6 Å². The zero-order chi connectivity index (χ0) is 13.3. The molecule has 2 unspecified atom stereocenters. The summed E-state index contributed by atoms with van der Waals surface area (Å²) in [5.41, 5.74) is -0.0716. The van der Waals surface area contributed by atoms with Gasteiger partial charge in [-0.25, -0.2) is 8.78 Å². The number of piperazine rings is 1. The fourth-order valence-electron chi connectivity index (χ4n) is 2.33. The van der Waals surface area contributed by atoms with Gasteiger partial charge in [-0.3, -0.25) is 4.79 Å². The molecule has 2 rings (SSSR count). The van der Waals surface area contributed by atoms with Crippen LogP contribution < -0.4 is 5.32 Å². The molecule has 1 amide bonds. The monoisotopic (exact) mass is 254 g/mol. The molecule has 1 saturated heterocycles. The zero-order valence-corrected chi connectivity index (χ0v) is 10.4. The lowest BCUT2D eigenvalue weighted by Gasteiger charge is -2.36. The van der Waals surface area contributed by atoms with Crippen LogP contribution in [0.2, 0.25) is 0 Å². The molecule has 2 atom stereocenters. The lowest BCUT2D eigenvalue weighted by Crippen LogP contribution is -2.55. The maximum Gasteiger partial charge on any atom is 0.256 e. The van der Waals surface area contributed by atoms with Crippen LogP contribution in [-0.2, 0) is 0 Å². The number of carbonyl (C=O) groups is 1. The summed E-state index contributed by atoms with van der Waals surface area (Å²) in [6.07, 6.45) is 0. The van der Waals surface area contributed by atoms with Gasteiger partial charge in [0.2, 0.25) is 0 Å². The van der Waals surface area contributed by atoms with Crippen molar-refractivity contribution in [2.24, 2.45) is 0 Å². The number of halogens is 2. The summed E-state index contributed by atoms with van der Waals surface area (Å²) < 4.78 is 26.3. The second kappa shape index (κ2) is 5.02. The molecule has 98 valence electrons. The lowest BCUT2D eigenvalue weighted by molar-refractivity contribution is 0.0669. The van der Waals surface area contributed by atoms with Crippen molar-refractivity contribution in [3.8, 4) is 0 Å². The van der Waals surface area contributed by atoms with Crippen LogP contribution in [0.15, 0.2) is 18.2 Å². The molecule has 0 aromatic heterocycles. The van der Waals surface area contributed by atoms with Crippen LogP contribution in [0.25, 0.3) is 0 Å². The molecular weight excluding hydrogens is 238 g/mol. The van der Waals surface area contributed by atoms with Crippen molar-refractivity contribution < 1.29 is 13.6 Å². The van der Waals surface area contributed by atoms with E-state index >= 15 is 0 Å². The Bertz CT molecular complexity index is 454. The van der Waals surface area contributed by atoms with Gasteiger partial charge in [0.25, 0.3) is 5.91 Å². The summed E-state index contributed by atoms with van der Waals surface area (Å²) in [7, 11) is 0. The summed E-state index contributed by atoms with van der Waals surface area (Å²) in [4.78, 5) is 13.8. The molecule has 1 fully saturated rings. The van der Waals surface area contributed by atoms with Gasteiger partial charge < -0.3 is 10.2 Å². The van der Waals surface area contributed by atoms with Crippen LogP contribution in [0.4, 0.5) is 8.78 Å². The molecule has 1 N–H and O–H groups in total. The van der Waals surface area contributed by atoms with Gasteiger partial charge in [0, 0.05) is 31.2 Å². The average molecular weight is 254 g/mol. The van der Waals surface area contributed by atoms with E-state index in [0.717, 1.165) is 12.1 Å². The van der Waals surface area contributed by atoms with Gasteiger partial charge in [-0.05, 0) is 26.0 Å². The smallest absolute Gasteiger partial charge is 0.256 e. The summed E-state index contributed by atoms with van der Waals surface area (Å²) in [5.74, 6) is -1.86. The van der Waals surface area contributed by atoms with Crippen LogP contribution in [-0.4, -0.2) is 36.0 Å². The Morgan fingerprint density at radius 1 is 1.28 bits per heavy atom. The molecule has 1 aromatic carbocycles. The first-order chi connectivity index (χ1) is 8.47. The van der Waals surface area contributed by atoms with Crippen LogP contribution in [0.5, 0.6) is 0 Å². The van der Waals surface area contributed by atoms with Crippen molar-refractivity contribution in [3.05, 3.63) is 35.4 Å². The van der Waals surface area contributed by atoms with Gasteiger partial charge in [0.15, 0.2) is 0 Å². The molecule has 3 nitrogen and oxygen atoms in total. The van der Waals surface area contributed by atoms with Crippen molar-refractivity contribution in [2.45, 2.75) is 25.9 Å². The Kier molecular flexibility index (Phi) is 3.61. The Hall–Kier alpha value is -1.49. The fraction of sp³-hybridized carbons (Fsp3) is 0.462. The minimum atomic E-state index is -0.807. The third-order valence-electron chi connectivity index (χ3n) is 3.01. The van der Waals surface area contributed by atoms with E-state index < -0.39 is 11.6 Å². The highest BCUT2D eigenvalue weighted by Crippen LogP contribution is 2.14. The normalized spacial score (nSPS) is 24.1. The first kappa shape index (κ1) is 13.0. The highest BCUT2D eigenvalue weighted by atomic mass is 19.1. The molecule has 1 aromatic rings. The number of hydrogen-bond donors (Lipinski definition) is 1. The summed E-state index contributed by atoms with van der Waals surface area (Å²) in [5, 5.41) is 3.29. The third kappa shape index (κ3) is 2.67. The van der Waals surface area contributed by atoms with Crippen molar-refractivity contribution in [1.82, 2.24) is 10.2 Å². The van der Waals surface area contributed by atoms with Crippen molar-refractivity contribution >= 4 is 5.91 Å². The van der Waals surface area contributed by atoms with E-state index in [4.69, 9.17) is 0 Å². The predicted octanol–water partition coefficient (Wildman–Crippen LogP) is 1.79. The van der Waals surface area contributed by atoms with E-state index in [0.29, 0.717) is 13.1 Å². The third-order valence-corrected chi connectivity index (χ3v) is 3.01. The quantitative estimate of drug-likeness (QED) is 0.828. The average Bonchev–Trinajstić information content (AvgIpc) is 2.26. The molecule has 0 bridgehead atoms. The Labute approximate surface area is 105 Å². The van der Waals surface area contributed by atoms with Crippen molar-refractivity contribution in [2.75, 3.05) is 13.1 Å². The number of rotatable bonds is 1. The molecule has 0 spiro atoms. The molecule has 0 saturated carbocycles. The van der Waals surface area contributed by atoms with Gasteiger partial charge in [0.1, 0.15) is 11.6 Å². The highest BCUT2D eigenvalue weighted by Gasteiger charge is 2.27. The Morgan fingerprint density at radius 3 is 2.44 bits per heavy atom. The second-order valence-electron chi connectivity index (χ2n) is 4.80. The SMILES string of the molecule is CC1CN(C(=O)c2ccc(F)cc2F)CC(C)N1. The molecule has 5 heteroatoms. The molecular formula is C13H16F2N2O. The number of nitrogens with zero attached hydrogens (tertiary/aromatic N) is 1. The topological polar surface area (TPSA) is 32.3 Å². The van der Waals surface area contributed by atoms with Gasteiger partial charge in [0.05, 0.1) is 5.56 Å². The standard InChI is InChI=1S/C13H16F2N2O/c1-8-6-17(7-9(2)16-8)13(18)11-4-3-10(14)5-12(11)15/h3-5,8-9,16H,6-7H2,1-2H3. The minimum absolute atomic E-state index is 0.0716. The van der Waals surface area contributed by atoms with Gasteiger partial charge >= 0.3 is 0 Å². The number of nitrogens with one attached hydrogen (secondary N) is 1. The van der Waals surface area contributed by atoms with Crippen LogP contribution >= 0.6 is 0 Å². The lowest BCUT2D eigenvalue weighted by atomic mass is 10.1. The van der Waals surface area contributed by atoms with Gasteiger partial charge in [-0.2, -0.15) is 0 Å². The number of amides is 1. The largest absolute Gasteiger partial charge is 0.335 e. The molecule has 1 aliphatic rings. The van der Waals surface area contributed by atoms with Crippen LogP contribution in [0, 0.1) is 11.6 Å². The molecule has 18 heavy (non-hydrogen) atoms. The van der Waals surface area contributed by atoms with Crippen molar-refractivity contribution in [3.63, 3.8) is 0 Å². The van der Waals surface area contributed by atoms with E-state index in [1.165, 1.54) is 6.07 Å². The van der Waals surface area contributed by atoms with Crippen molar-refractivity contribution in [1.29, 1.82) is 0 Å². The first-order valence-corrected chi connectivity index (χ1v) is 5.97. The van der Waals surface area contributed by atoms with E-state index in [1.54, 1.807) is 4.90 Å². The molecule has 0 aliphatic carbocycles. The van der Waals surface area contributed by atoms with Gasteiger partial charge in [-0.15, -0.1) is 0 Å². The number of benzene rings is 1. The molecule has 1 heterocycles. The van der Waals surface area contributed by atoms with E-state index in [9.17, 15) is 13.6 Å². The summed E-state index contributed by atoms with van der Waals surface area (Å²) >= 11 is 0. The summed E-state index contributed by atoms with van der Waals surface area (Å²) in [6, 6.07) is 3.38. The van der Waals surface area contributed by atoms with E-state index in [2.05, 4.69) is 5.32 Å². The predicted molar refractivity (Wildman–Crippen MR) is 64.3 cm³/mol. The van der Waals surface area contributed by atoms with E-state index in [1.807, 2.05) is 13.8 Å². The maximum absolute atomic E-state index is 13.5. The zero-order valence-electron chi connectivity index (χ0n) is 10.4. The number of hydrogen-bond acceptors (Lipinski definition) is 2. The van der Waals surface area contributed by atoms with Gasteiger partial charge in [-0.1, -0.05) is 0 Å². The fourth-order valence-corrected chi connectivity index (χ4v) is 2.33. The second-order valence-corrected chi connectivity index (χ2v) is 4.80. The first-order valence-electron chi connectivity index (χ1n) is 5.97. The van der Waals surface area contributed by atoms with Crippen LogP contribution in [0.1, 0.15) is 24.2 Å². The minimum Gasteiger partial charge on any atom is -0.335 e. The van der Waals surface area contributed by atoms with Crippen LogP contribution in [0.3, 0.4) is 0 Å². The number of carbonyl (C=O) groups excluding carboxylic acids is 1. The summed E-state index contributed by atoms with van der Waals surface area (Å²) in [6.45, 7) is 4.99. The Morgan fingerprint density at radius 2 is 1.89 bits per heavy atom. The highest BCUT2D eigenvalue weighted by molar-refractivity contribution is 5.94. The molecule has 0 radical (unpaired) electrons.